The predicted octanol–water partition coefficient (Wildman–Crippen LogP) is 3.22. The number of ketones is 1. The molecule has 3 N–H and O–H groups in total. The fraction of sp³-hybridized carbons (Fsp3) is 0.391. The van der Waals surface area contributed by atoms with Crippen LogP contribution in [0.15, 0.2) is 42.5 Å². The number of benzene rings is 2. The van der Waals surface area contributed by atoms with Gasteiger partial charge in [0.15, 0.2) is 17.3 Å². The number of fused-ring (bicyclic) bond motifs is 1. The van der Waals surface area contributed by atoms with E-state index in [9.17, 15) is 4.79 Å². The summed E-state index contributed by atoms with van der Waals surface area (Å²) in [5, 5.41) is 13.7. The lowest BCUT2D eigenvalue weighted by Crippen LogP contribution is -2.51. The average Bonchev–Trinajstić information content (AvgIpc) is 3.34. The second-order valence-electron chi connectivity index (χ2n) is 8.24. The molecule has 0 amide bonds. The molecule has 0 fully saturated rings. The number of carbonyl (C=O) groups excluding carboxylic acids is 1. The Labute approximate surface area is 186 Å². The van der Waals surface area contributed by atoms with Crippen LogP contribution in [0.4, 0.5) is 0 Å². The fourth-order valence-electron chi connectivity index (χ4n) is 3.46. The number of nitrogens with two attached hydrogens (primary N) is 1. The van der Waals surface area contributed by atoms with Gasteiger partial charge >= 0.3 is 0 Å². The molecule has 9 heteroatoms. The first kappa shape index (κ1) is 21.8. The van der Waals surface area contributed by atoms with Crippen LogP contribution in [0.25, 0.3) is 0 Å². The molecule has 2 heterocycles. The van der Waals surface area contributed by atoms with Crippen LogP contribution in [-0.4, -0.2) is 39.6 Å². The molecule has 9 nitrogen and oxygen atoms in total. The zero-order chi connectivity index (χ0) is 22.6. The summed E-state index contributed by atoms with van der Waals surface area (Å²) in [7, 11) is 0. The number of hydrogen-bond acceptors (Lipinski definition) is 8. The number of aromatic amines is 1. The maximum Gasteiger partial charge on any atom is 0.257 e. The second kappa shape index (κ2) is 9.35. The SMILES string of the molecule is CC(C)CCCCOc1ccc(C(=O)c2cccc3c2OC(N)(c2nn[nH]n2)CO3)cc1. The summed E-state index contributed by atoms with van der Waals surface area (Å²) in [5.41, 5.74) is 5.67. The van der Waals surface area contributed by atoms with E-state index in [1.54, 1.807) is 42.5 Å². The zero-order valence-electron chi connectivity index (χ0n) is 18.2. The van der Waals surface area contributed by atoms with Crippen molar-refractivity contribution in [1.82, 2.24) is 20.6 Å². The highest BCUT2D eigenvalue weighted by Crippen LogP contribution is 2.40. The number of H-pyrrole nitrogens is 1. The molecule has 0 spiro atoms. The Morgan fingerprint density at radius 2 is 2.03 bits per heavy atom. The van der Waals surface area contributed by atoms with Crippen molar-refractivity contribution in [3.8, 4) is 17.2 Å². The first-order chi connectivity index (χ1) is 15.5. The molecule has 0 aliphatic carbocycles. The van der Waals surface area contributed by atoms with E-state index in [0.717, 1.165) is 18.6 Å². The monoisotopic (exact) mass is 437 g/mol. The van der Waals surface area contributed by atoms with Crippen molar-refractivity contribution in [1.29, 1.82) is 0 Å². The Morgan fingerprint density at radius 1 is 1.22 bits per heavy atom. The van der Waals surface area contributed by atoms with Crippen LogP contribution in [0.2, 0.25) is 0 Å². The van der Waals surface area contributed by atoms with Crippen LogP contribution in [0, 0.1) is 5.92 Å². The number of ether oxygens (including phenoxy) is 3. The van der Waals surface area contributed by atoms with Gasteiger partial charge in [-0.25, -0.2) is 0 Å². The molecular weight excluding hydrogens is 410 g/mol. The molecule has 3 aromatic rings. The molecule has 1 aliphatic heterocycles. The second-order valence-corrected chi connectivity index (χ2v) is 8.24. The number of unbranched alkanes of at least 4 members (excludes halogenated alkanes) is 1. The van der Waals surface area contributed by atoms with Crippen LogP contribution in [0.1, 0.15) is 54.9 Å². The van der Waals surface area contributed by atoms with Crippen molar-refractivity contribution in [3.63, 3.8) is 0 Å². The quantitative estimate of drug-likeness (QED) is 0.386. The average molecular weight is 438 g/mol. The summed E-state index contributed by atoms with van der Waals surface area (Å²) in [6, 6.07) is 12.2. The lowest BCUT2D eigenvalue weighted by Gasteiger charge is -2.33. The minimum Gasteiger partial charge on any atom is -0.494 e. The Hall–Kier alpha value is -3.46. The zero-order valence-corrected chi connectivity index (χ0v) is 18.2. The first-order valence-corrected chi connectivity index (χ1v) is 10.7. The lowest BCUT2D eigenvalue weighted by molar-refractivity contribution is -0.0154. The number of aromatic nitrogens is 4. The molecule has 1 aliphatic rings. The maximum absolute atomic E-state index is 13.2. The normalized spacial score (nSPS) is 17.4. The number of tetrazole rings is 1. The lowest BCUT2D eigenvalue weighted by atomic mass is 10.0. The van der Waals surface area contributed by atoms with E-state index < -0.39 is 5.72 Å². The number of para-hydroxylation sites is 1. The van der Waals surface area contributed by atoms with E-state index in [2.05, 4.69) is 34.5 Å². The molecular formula is C23H27N5O4. The van der Waals surface area contributed by atoms with Gasteiger partial charge in [-0.15, -0.1) is 10.2 Å². The van der Waals surface area contributed by atoms with Crippen molar-refractivity contribution in [2.24, 2.45) is 11.7 Å². The molecule has 1 unspecified atom stereocenters. The maximum atomic E-state index is 13.2. The van der Waals surface area contributed by atoms with Gasteiger partial charge in [0, 0.05) is 5.56 Å². The van der Waals surface area contributed by atoms with E-state index >= 15 is 0 Å². The Kier molecular flexibility index (Phi) is 6.36. The molecule has 0 saturated heterocycles. The summed E-state index contributed by atoms with van der Waals surface area (Å²) in [6.45, 7) is 5.08. The predicted molar refractivity (Wildman–Crippen MR) is 117 cm³/mol. The number of nitrogens with zero attached hydrogens (tertiary/aromatic N) is 3. The van der Waals surface area contributed by atoms with Gasteiger partial charge in [0.1, 0.15) is 12.4 Å². The summed E-state index contributed by atoms with van der Waals surface area (Å²) < 4.78 is 17.5. The highest BCUT2D eigenvalue weighted by molar-refractivity contribution is 6.11. The third-order valence-electron chi connectivity index (χ3n) is 5.23. The number of nitrogens with one attached hydrogen (secondary N) is 1. The first-order valence-electron chi connectivity index (χ1n) is 10.7. The minimum absolute atomic E-state index is 0.0135. The van der Waals surface area contributed by atoms with Gasteiger partial charge in [-0.05, 0) is 60.4 Å². The van der Waals surface area contributed by atoms with Gasteiger partial charge in [-0.3, -0.25) is 10.5 Å². The largest absolute Gasteiger partial charge is 0.494 e. The van der Waals surface area contributed by atoms with Gasteiger partial charge in [0.25, 0.3) is 5.72 Å². The standard InChI is InChI=1S/C23H27N5O4/c1-15(2)6-3-4-13-30-17-11-9-16(10-12-17)20(29)18-7-5-8-19-21(18)32-23(24,14-31-19)22-25-27-28-26-22/h5,7-12,15H,3-4,6,13-14,24H2,1-2H3,(H,25,26,27,28). The van der Waals surface area contributed by atoms with E-state index in [1.165, 1.54) is 6.42 Å². The fourth-order valence-corrected chi connectivity index (χ4v) is 3.46. The summed E-state index contributed by atoms with van der Waals surface area (Å²) in [4.78, 5) is 13.2. The van der Waals surface area contributed by atoms with Crippen LogP contribution in [0.5, 0.6) is 17.2 Å². The highest BCUT2D eigenvalue weighted by Gasteiger charge is 2.41. The van der Waals surface area contributed by atoms with Gasteiger partial charge in [0.05, 0.1) is 12.2 Å². The number of hydrogen-bond donors (Lipinski definition) is 2. The molecule has 2 aromatic carbocycles. The van der Waals surface area contributed by atoms with Gasteiger partial charge in [-0.1, -0.05) is 26.3 Å². The van der Waals surface area contributed by atoms with Gasteiger partial charge in [-0.2, -0.15) is 5.21 Å². The van der Waals surface area contributed by atoms with Crippen molar-refractivity contribution < 1.29 is 19.0 Å². The van der Waals surface area contributed by atoms with E-state index in [-0.39, 0.29) is 24.0 Å². The van der Waals surface area contributed by atoms with Crippen molar-refractivity contribution in [2.75, 3.05) is 13.2 Å². The molecule has 4 rings (SSSR count). The van der Waals surface area contributed by atoms with Crippen LogP contribution < -0.4 is 19.9 Å². The van der Waals surface area contributed by atoms with Crippen molar-refractivity contribution in [3.05, 3.63) is 59.4 Å². The smallest absolute Gasteiger partial charge is 0.257 e. The molecule has 1 atom stereocenters. The van der Waals surface area contributed by atoms with Crippen LogP contribution in [-0.2, 0) is 5.72 Å². The summed E-state index contributed by atoms with van der Waals surface area (Å²) >= 11 is 0. The van der Waals surface area contributed by atoms with E-state index in [0.29, 0.717) is 29.4 Å². The molecule has 1 aromatic heterocycles. The molecule has 0 saturated carbocycles. The molecule has 32 heavy (non-hydrogen) atoms. The summed E-state index contributed by atoms with van der Waals surface area (Å²) in [5.74, 6) is 2.05. The molecule has 168 valence electrons. The third-order valence-corrected chi connectivity index (χ3v) is 5.23. The molecule has 0 radical (unpaired) electrons. The third kappa shape index (κ3) is 4.72. The van der Waals surface area contributed by atoms with E-state index in [4.69, 9.17) is 19.9 Å². The Morgan fingerprint density at radius 3 is 2.75 bits per heavy atom. The number of carbonyl (C=O) groups is 1. The number of rotatable bonds is 9. The van der Waals surface area contributed by atoms with E-state index in [1.807, 2.05) is 0 Å². The highest BCUT2D eigenvalue weighted by atomic mass is 16.6. The van der Waals surface area contributed by atoms with Gasteiger partial charge in [0.2, 0.25) is 5.82 Å². The molecule has 0 bridgehead atoms. The van der Waals surface area contributed by atoms with Crippen molar-refractivity contribution >= 4 is 5.78 Å². The Balaban J connectivity index is 1.46. The Bertz CT molecular complexity index is 1050. The van der Waals surface area contributed by atoms with Gasteiger partial charge < -0.3 is 14.2 Å². The van der Waals surface area contributed by atoms with Crippen molar-refractivity contribution in [2.45, 2.75) is 38.8 Å². The minimum atomic E-state index is -1.45. The topological polar surface area (TPSA) is 125 Å². The summed E-state index contributed by atoms with van der Waals surface area (Å²) in [6.07, 6.45) is 3.34. The van der Waals surface area contributed by atoms with Crippen LogP contribution >= 0.6 is 0 Å². The van der Waals surface area contributed by atoms with Crippen LogP contribution in [0.3, 0.4) is 0 Å².